The number of nitrogens with one attached hydrogen (secondary N) is 2. The molecule has 5 heterocycles. The third kappa shape index (κ3) is 10.0. The van der Waals surface area contributed by atoms with Gasteiger partial charge in [0.1, 0.15) is 0 Å². The summed E-state index contributed by atoms with van der Waals surface area (Å²) >= 11 is 0.225. The van der Waals surface area contributed by atoms with E-state index in [2.05, 4.69) is 19.9 Å². The quantitative estimate of drug-likeness (QED) is 0.0364. The number of benzene rings is 4. The molecule has 2 N–H and O–H groups in total. The number of nitrogens with zero attached hydrogens (tertiary/aromatic N) is 2. The third-order valence-electron chi connectivity index (χ3n) is 12.3. The van der Waals surface area contributed by atoms with Crippen molar-refractivity contribution in [1.82, 2.24) is 19.9 Å². The number of thioether (sulfide) groups is 2. The van der Waals surface area contributed by atoms with Crippen LogP contribution >= 0.6 is 23.5 Å². The van der Waals surface area contributed by atoms with Gasteiger partial charge in [0.05, 0.1) is 80.9 Å². The topological polar surface area (TPSA) is 110 Å². The van der Waals surface area contributed by atoms with Gasteiger partial charge in [-0.15, -0.1) is 23.5 Å². The summed E-state index contributed by atoms with van der Waals surface area (Å²) in [5.41, 5.74) is -19.1. The Morgan fingerprint density at radius 3 is 0.805 bits per heavy atom. The summed E-state index contributed by atoms with van der Waals surface area (Å²) in [5.74, 6) is -46.3. The van der Waals surface area contributed by atoms with Gasteiger partial charge in [0.2, 0.25) is 11.6 Å². The van der Waals surface area contributed by atoms with Crippen molar-refractivity contribution in [1.29, 1.82) is 0 Å². The van der Waals surface area contributed by atoms with E-state index in [0.717, 1.165) is 24.3 Å². The van der Waals surface area contributed by atoms with Gasteiger partial charge in [-0.3, -0.25) is 9.59 Å². The number of aromatic nitrogens is 4. The van der Waals surface area contributed by atoms with Gasteiger partial charge in [-0.2, -0.15) is 0 Å². The monoisotopic (exact) mass is 1200 g/mol. The van der Waals surface area contributed by atoms with Crippen LogP contribution in [-0.4, -0.2) is 56.6 Å². The number of carbonyl (C=O) groups is 2. The molecule has 82 heavy (non-hydrogen) atoms. The van der Waals surface area contributed by atoms with Crippen molar-refractivity contribution in [3.05, 3.63) is 152 Å². The minimum Gasteiger partial charge on any atom is -0.466 e. The molecule has 0 amide bonds. The van der Waals surface area contributed by atoms with Crippen LogP contribution in [0.25, 0.3) is 90.9 Å². The van der Waals surface area contributed by atoms with E-state index in [1.54, 1.807) is 0 Å². The standard InChI is InChI=1S/C54H28F18N4O4S2/c1-3-79-25(77)13-15-81-53-49(69)39(59)33(40(60)50(53)70)29-21-9-7-19(74-21)27(31-35(55)43(63)47(67)44(64)36(31)56)17-5-6-18(73-17)28(32-37(57)45(65)48(68)46(66)38(32)58)20-8-10-22(75-20)30(24-12-11-23(29)76-24)34-41(61)51(71)54(52(72)42(34)62)82-16-14-26(78)80-4-2/h5-12,74-75H,3-4,13-16H2,1-2H3. The molecular weight excluding hydrogens is 1170 g/mol. The van der Waals surface area contributed by atoms with Crippen molar-refractivity contribution in [2.75, 3.05) is 24.7 Å². The predicted octanol–water partition coefficient (Wildman–Crippen LogP) is 15.9. The molecule has 0 aliphatic carbocycles. The minimum absolute atomic E-state index is 0.107. The zero-order valence-corrected chi connectivity index (χ0v) is 42.6. The molecular formula is C54H28F18N4O4S2. The summed E-state index contributed by atoms with van der Waals surface area (Å²) < 4.78 is 296. The summed E-state index contributed by atoms with van der Waals surface area (Å²) in [6.45, 7) is 2.67. The number of aromatic amines is 2. The SMILES string of the molecule is CCOC(=O)CCSc1c(F)c(F)c(-c2c3nc(c(-c4c(F)c(F)c(SCCC(=O)OCC)c(F)c4F)c4ccc([nH]4)c(-c4c(F)c(F)c(F)c(F)c4F)c4nc(c(-c5c(F)c(F)c(F)c(F)c5F)c5ccc2[nH]5)C=C4)C=C3)c(F)c1F. The Morgan fingerprint density at radius 2 is 0.573 bits per heavy atom. The van der Waals surface area contributed by atoms with Crippen molar-refractivity contribution in [3.8, 4) is 44.5 Å². The first-order valence-electron chi connectivity index (χ1n) is 23.4. The van der Waals surface area contributed by atoms with E-state index in [0.29, 0.717) is 24.3 Å². The average Bonchev–Trinajstić information content (AvgIpc) is 4.46. The number of ether oxygens (including phenoxy) is 2. The fraction of sp³-hybridized carbons (Fsp3) is 0.148. The normalized spacial score (nSPS) is 12.0. The highest BCUT2D eigenvalue weighted by molar-refractivity contribution is 7.99. The van der Waals surface area contributed by atoms with Crippen LogP contribution < -0.4 is 0 Å². The number of carbonyl (C=O) groups excluding carboxylic acids is 2. The molecule has 0 radical (unpaired) electrons. The molecule has 4 aromatic carbocycles. The maximum atomic E-state index is 16.8. The summed E-state index contributed by atoms with van der Waals surface area (Å²) in [6.07, 6.45) is 1.67. The van der Waals surface area contributed by atoms with E-state index in [1.807, 2.05) is 0 Å². The molecule has 426 valence electrons. The number of esters is 2. The highest BCUT2D eigenvalue weighted by atomic mass is 32.2. The van der Waals surface area contributed by atoms with Gasteiger partial charge in [0, 0.05) is 55.8 Å². The van der Waals surface area contributed by atoms with E-state index in [-0.39, 0.29) is 36.7 Å². The second-order valence-electron chi connectivity index (χ2n) is 17.1. The highest BCUT2D eigenvalue weighted by Gasteiger charge is 2.35. The molecule has 0 fully saturated rings. The molecule has 28 heteroatoms. The van der Waals surface area contributed by atoms with Gasteiger partial charge in [-0.05, 0) is 62.4 Å². The van der Waals surface area contributed by atoms with Crippen LogP contribution in [0.15, 0.2) is 34.1 Å². The molecule has 0 spiro atoms. The molecule has 8 nitrogen and oxygen atoms in total. The van der Waals surface area contributed by atoms with Crippen LogP contribution in [0, 0.1) is 105 Å². The first-order chi connectivity index (χ1) is 38.9. The maximum Gasteiger partial charge on any atom is 0.306 e. The summed E-state index contributed by atoms with van der Waals surface area (Å²) in [6, 6.07) is 2.85. The van der Waals surface area contributed by atoms with Crippen molar-refractivity contribution < 1.29 is 98.1 Å². The van der Waals surface area contributed by atoms with E-state index in [4.69, 9.17) is 9.47 Å². The highest BCUT2D eigenvalue weighted by Crippen LogP contribution is 2.46. The average molecular weight is 1200 g/mol. The Bertz CT molecular complexity index is 3770. The lowest BCUT2D eigenvalue weighted by molar-refractivity contribution is -0.143. The zero-order valence-electron chi connectivity index (χ0n) is 41.0. The number of hydrogen-bond donors (Lipinski definition) is 2. The van der Waals surface area contributed by atoms with Crippen molar-refractivity contribution >= 4 is 81.8 Å². The Kier molecular flexibility index (Phi) is 16.4. The van der Waals surface area contributed by atoms with E-state index in [9.17, 15) is 18.4 Å². The summed E-state index contributed by atoms with van der Waals surface area (Å²) in [4.78, 5) is 34.2. The van der Waals surface area contributed by atoms with Gasteiger partial charge >= 0.3 is 11.9 Å². The second-order valence-corrected chi connectivity index (χ2v) is 19.3. The fourth-order valence-electron chi connectivity index (χ4n) is 8.76. The zero-order chi connectivity index (χ0) is 59.5. The number of halogens is 18. The minimum atomic E-state index is -2.70. The molecule has 0 atom stereocenters. The predicted molar refractivity (Wildman–Crippen MR) is 264 cm³/mol. The smallest absolute Gasteiger partial charge is 0.306 e. The van der Waals surface area contributed by atoms with E-state index >= 15 is 70.2 Å². The van der Waals surface area contributed by atoms with Crippen LogP contribution in [0.3, 0.4) is 0 Å². The first-order valence-corrected chi connectivity index (χ1v) is 25.4. The molecule has 8 bridgehead atoms. The van der Waals surface area contributed by atoms with Crippen molar-refractivity contribution in [3.63, 3.8) is 0 Å². The van der Waals surface area contributed by atoms with Crippen LogP contribution in [0.1, 0.15) is 49.5 Å². The van der Waals surface area contributed by atoms with Crippen LogP contribution in [0.2, 0.25) is 0 Å². The number of H-pyrrole nitrogens is 2. The van der Waals surface area contributed by atoms with Gasteiger partial charge in [0.25, 0.3) is 0 Å². The van der Waals surface area contributed by atoms with Crippen LogP contribution in [0.4, 0.5) is 79.0 Å². The molecule has 0 saturated carbocycles. The number of rotatable bonds is 14. The first kappa shape index (κ1) is 58.5. The van der Waals surface area contributed by atoms with E-state index < -0.39 is 240 Å². The maximum absolute atomic E-state index is 16.8. The molecule has 0 unspecified atom stereocenters. The van der Waals surface area contributed by atoms with Crippen LogP contribution in [-0.2, 0) is 19.1 Å². The Morgan fingerprint density at radius 1 is 0.354 bits per heavy atom. The molecule has 9 rings (SSSR count). The number of fused-ring (bicyclic) bond motifs is 8. The Labute approximate surface area is 455 Å². The summed E-state index contributed by atoms with van der Waals surface area (Å²) in [5, 5.41) is 0. The molecule has 0 saturated heterocycles. The molecule has 3 aromatic heterocycles. The van der Waals surface area contributed by atoms with Gasteiger partial charge in [-0.25, -0.2) is 89.0 Å². The van der Waals surface area contributed by atoms with Crippen LogP contribution in [0.5, 0.6) is 0 Å². The largest absolute Gasteiger partial charge is 0.466 e. The van der Waals surface area contributed by atoms with Gasteiger partial charge in [-0.1, -0.05) is 0 Å². The molecule has 7 aromatic rings. The third-order valence-corrected chi connectivity index (χ3v) is 14.4. The van der Waals surface area contributed by atoms with Gasteiger partial charge in [0.15, 0.2) is 93.1 Å². The fourth-order valence-corrected chi connectivity index (χ4v) is 10.6. The second kappa shape index (κ2) is 23.0. The molecule has 2 aliphatic heterocycles. The number of hydrogen-bond acceptors (Lipinski definition) is 8. The van der Waals surface area contributed by atoms with Gasteiger partial charge < -0.3 is 19.4 Å². The van der Waals surface area contributed by atoms with Crippen molar-refractivity contribution in [2.45, 2.75) is 36.5 Å². The van der Waals surface area contributed by atoms with Crippen molar-refractivity contribution in [2.24, 2.45) is 0 Å². The lowest BCUT2D eigenvalue weighted by Crippen LogP contribution is -2.07. The molecule has 2 aliphatic rings. The lowest BCUT2D eigenvalue weighted by atomic mass is 10.0. The summed E-state index contributed by atoms with van der Waals surface area (Å²) in [7, 11) is 0. The van der Waals surface area contributed by atoms with E-state index in [1.165, 1.54) is 13.8 Å². The Balaban J connectivity index is 1.48. The Hall–Kier alpha value is -8.14. The lowest BCUT2D eigenvalue weighted by Gasteiger charge is -2.14.